The average Bonchev–Trinajstić information content (AvgIpc) is 2.08. The van der Waals surface area contributed by atoms with Gasteiger partial charge in [-0.05, 0) is 13.8 Å². The molecule has 10 nitrogen and oxygen atoms in total. The molecule has 0 saturated heterocycles. The normalized spacial score (nSPS) is 21.4. The van der Waals surface area contributed by atoms with Crippen molar-refractivity contribution < 1.29 is 37.6 Å². The number of nitrogens with one attached hydrogen (secondary N) is 2. The van der Waals surface area contributed by atoms with Gasteiger partial charge in [-0.3, -0.25) is 9.59 Å². The molecule has 2 heterocycles. The molecular formula is C8H12CaN2O8S2. The van der Waals surface area contributed by atoms with Crippen molar-refractivity contribution in [3.63, 3.8) is 0 Å². The molecule has 2 rings (SSSR count). The van der Waals surface area contributed by atoms with Gasteiger partial charge in [0.15, 0.2) is 0 Å². The zero-order valence-electron chi connectivity index (χ0n) is 12.9. The second-order valence-electron chi connectivity index (χ2n) is 3.52. The van der Waals surface area contributed by atoms with Crippen LogP contribution in [0.4, 0.5) is 0 Å². The van der Waals surface area contributed by atoms with Gasteiger partial charge in [-0.1, -0.05) is 0 Å². The maximum Gasteiger partial charge on any atom is 2.00 e. The van der Waals surface area contributed by atoms with Crippen LogP contribution in [0.2, 0.25) is 0 Å². The van der Waals surface area contributed by atoms with Crippen LogP contribution in [0, 0.1) is 0 Å². The SMILES string of the molecule is CC1=CC(=O)NS(=O)(=O)O1.CC1=CC(=O)NS(=O)(=O)O1.[Ca+2].[H-].[H-]. The summed E-state index contributed by atoms with van der Waals surface area (Å²) in [6.07, 6.45) is 2.11. The molecule has 2 amide bonds. The number of amides is 2. The van der Waals surface area contributed by atoms with E-state index in [2.05, 4.69) is 8.37 Å². The van der Waals surface area contributed by atoms with Crippen LogP contribution in [-0.2, 0) is 38.6 Å². The molecule has 0 aromatic heterocycles. The van der Waals surface area contributed by atoms with Gasteiger partial charge < -0.3 is 11.2 Å². The molecule has 0 atom stereocenters. The van der Waals surface area contributed by atoms with E-state index in [1.807, 2.05) is 0 Å². The van der Waals surface area contributed by atoms with E-state index in [4.69, 9.17) is 0 Å². The zero-order chi connectivity index (χ0) is 15.6. The van der Waals surface area contributed by atoms with E-state index < -0.39 is 32.4 Å². The Labute approximate surface area is 154 Å². The fourth-order valence-corrected chi connectivity index (χ4v) is 2.59. The van der Waals surface area contributed by atoms with E-state index in [1.54, 1.807) is 9.44 Å². The minimum Gasteiger partial charge on any atom is -1.00 e. The van der Waals surface area contributed by atoms with Crippen LogP contribution in [-0.4, -0.2) is 66.4 Å². The van der Waals surface area contributed by atoms with Crippen LogP contribution >= 0.6 is 0 Å². The van der Waals surface area contributed by atoms with Crippen molar-refractivity contribution in [2.45, 2.75) is 13.8 Å². The maximum absolute atomic E-state index is 10.5. The molecule has 2 N–H and O–H groups in total. The molecule has 0 bridgehead atoms. The van der Waals surface area contributed by atoms with Crippen LogP contribution in [0.15, 0.2) is 23.7 Å². The Balaban J connectivity index is -0.000000308. The Morgan fingerprint density at radius 3 is 1.33 bits per heavy atom. The van der Waals surface area contributed by atoms with Gasteiger partial charge in [0.1, 0.15) is 11.5 Å². The van der Waals surface area contributed by atoms with Crippen LogP contribution in [0.1, 0.15) is 16.7 Å². The van der Waals surface area contributed by atoms with Gasteiger partial charge in [-0.2, -0.15) is 16.8 Å². The van der Waals surface area contributed by atoms with Crippen LogP contribution in [0.5, 0.6) is 0 Å². The second-order valence-corrected chi connectivity index (χ2v) is 6.08. The van der Waals surface area contributed by atoms with E-state index in [0.717, 1.165) is 12.2 Å². The van der Waals surface area contributed by atoms with Crippen molar-refractivity contribution in [1.82, 2.24) is 9.44 Å². The standard InChI is InChI=1S/2C4H5NO4S.Ca.2H/c2*1-3-2-4(6)5-10(7,8)9-3;;;/h2*2H,1H3,(H,5,6);;;/q;;+2;2*-1. The van der Waals surface area contributed by atoms with Gasteiger partial charge in [0.25, 0.3) is 11.8 Å². The van der Waals surface area contributed by atoms with E-state index in [1.165, 1.54) is 13.8 Å². The third-order valence-corrected chi connectivity index (χ3v) is 3.47. The first kappa shape index (κ1) is 20.2. The summed E-state index contributed by atoms with van der Waals surface area (Å²) >= 11 is 0. The fourth-order valence-electron chi connectivity index (χ4n) is 1.11. The van der Waals surface area contributed by atoms with Gasteiger partial charge in [0, 0.05) is 12.2 Å². The molecule has 0 saturated carbocycles. The Morgan fingerprint density at radius 1 is 0.857 bits per heavy atom. The number of carbonyl (C=O) groups excluding carboxylic acids is 2. The van der Waals surface area contributed by atoms with Gasteiger partial charge in [-0.15, -0.1) is 0 Å². The van der Waals surface area contributed by atoms with E-state index >= 15 is 0 Å². The molecule has 2 aliphatic rings. The number of allylic oxidation sites excluding steroid dienone is 2. The van der Waals surface area contributed by atoms with Crippen molar-refractivity contribution in [1.29, 1.82) is 0 Å². The van der Waals surface area contributed by atoms with E-state index in [0.29, 0.717) is 0 Å². The zero-order valence-corrected chi connectivity index (χ0v) is 14.8. The molecular weight excluding hydrogens is 356 g/mol. The third-order valence-electron chi connectivity index (χ3n) is 1.60. The number of hydrogen-bond acceptors (Lipinski definition) is 8. The number of hydrogen-bond donors (Lipinski definition) is 2. The van der Waals surface area contributed by atoms with E-state index in [-0.39, 0.29) is 52.1 Å². The maximum atomic E-state index is 10.5. The summed E-state index contributed by atoms with van der Waals surface area (Å²) in [6, 6.07) is 0. The monoisotopic (exact) mass is 368 g/mol. The topological polar surface area (TPSA) is 145 Å². The van der Waals surface area contributed by atoms with Gasteiger partial charge in [0.2, 0.25) is 0 Å². The first-order chi connectivity index (χ1) is 8.99. The summed E-state index contributed by atoms with van der Waals surface area (Å²) in [4.78, 5) is 20.9. The van der Waals surface area contributed by atoms with Crippen LogP contribution in [0.25, 0.3) is 0 Å². The van der Waals surface area contributed by atoms with Crippen molar-refractivity contribution in [2.24, 2.45) is 0 Å². The second kappa shape index (κ2) is 7.44. The molecule has 0 unspecified atom stereocenters. The molecule has 0 fully saturated rings. The van der Waals surface area contributed by atoms with Gasteiger partial charge in [-0.25, -0.2) is 9.44 Å². The predicted octanol–water partition coefficient (Wildman–Crippen LogP) is -1.59. The molecule has 0 spiro atoms. The molecule has 13 heteroatoms. The van der Waals surface area contributed by atoms with Crippen molar-refractivity contribution in [3.8, 4) is 0 Å². The summed E-state index contributed by atoms with van der Waals surface area (Å²) in [6.45, 7) is 2.77. The third kappa shape index (κ3) is 7.66. The average molecular weight is 368 g/mol. The molecule has 0 radical (unpaired) electrons. The largest absolute Gasteiger partial charge is 2.00 e. The summed E-state index contributed by atoms with van der Waals surface area (Å²) in [5.41, 5.74) is 0. The van der Waals surface area contributed by atoms with Crippen molar-refractivity contribution in [3.05, 3.63) is 23.7 Å². The molecule has 21 heavy (non-hydrogen) atoms. The van der Waals surface area contributed by atoms with Gasteiger partial charge in [0.05, 0.1) is 0 Å². The number of carbonyl (C=O) groups is 2. The first-order valence-corrected chi connectivity index (χ1v) is 7.70. The summed E-state index contributed by atoms with van der Waals surface area (Å²) in [5.74, 6) is -1.21. The Morgan fingerprint density at radius 2 is 1.14 bits per heavy atom. The predicted molar refractivity (Wildman–Crippen MR) is 71.8 cm³/mol. The fraction of sp³-hybridized carbons (Fsp3) is 0.250. The Kier molecular flexibility index (Phi) is 7.15. The number of rotatable bonds is 0. The minimum atomic E-state index is -3.85. The molecule has 0 aromatic rings. The van der Waals surface area contributed by atoms with Gasteiger partial charge >= 0.3 is 58.3 Å². The Hall–Kier alpha value is -0.820. The first-order valence-electron chi connectivity index (χ1n) is 4.88. The van der Waals surface area contributed by atoms with Crippen molar-refractivity contribution in [2.75, 3.05) is 0 Å². The van der Waals surface area contributed by atoms with Crippen LogP contribution in [0.3, 0.4) is 0 Å². The molecule has 116 valence electrons. The summed E-state index contributed by atoms with van der Waals surface area (Å²) in [5, 5.41) is 0. The minimum absolute atomic E-state index is 0. The summed E-state index contributed by atoms with van der Waals surface area (Å²) in [7, 11) is -7.70. The molecule has 0 aliphatic carbocycles. The van der Waals surface area contributed by atoms with E-state index in [9.17, 15) is 26.4 Å². The van der Waals surface area contributed by atoms with Crippen LogP contribution < -0.4 is 9.44 Å². The molecule has 2 aliphatic heterocycles. The quantitative estimate of drug-likeness (QED) is 0.487. The Bertz CT molecular complexity index is 654. The smallest absolute Gasteiger partial charge is 1.00 e. The molecule has 0 aromatic carbocycles. The summed E-state index contributed by atoms with van der Waals surface area (Å²) < 4.78 is 53.6. The van der Waals surface area contributed by atoms with Crippen molar-refractivity contribution >= 4 is 70.2 Å².